The Morgan fingerprint density at radius 2 is 2.00 bits per heavy atom. The summed E-state index contributed by atoms with van der Waals surface area (Å²) in [6.45, 7) is 5.23. The summed E-state index contributed by atoms with van der Waals surface area (Å²) >= 11 is 0. The molecule has 5 atom stereocenters. The lowest BCUT2D eigenvalue weighted by Gasteiger charge is -2.44. The highest BCUT2D eigenvalue weighted by Crippen LogP contribution is 2.33. The fraction of sp³-hybridized carbons (Fsp3) is 1.00. The number of rotatable bonds is 6. The molecule has 0 amide bonds. The lowest BCUT2D eigenvalue weighted by atomic mass is 9.83. The molecule has 0 aliphatic heterocycles. The van der Waals surface area contributed by atoms with Crippen molar-refractivity contribution < 1.29 is 9.47 Å². The first kappa shape index (κ1) is 14.3. The van der Waals surface area contributed by atoms with E-state index in [4.69, 9.17) is 15.2 Å². The van der Waals surface area contributed by atoms with Gasteiger partial charge >= 0.3 is 0 Å². The van der Waals surface area contributed by atoms with Crippen molar-refractivity contribution in [2.24, 2.45) is 11.7 Å². The molecule has 5 unspecified atom stereocenters. The van der Waals surface area contributed by atoms with Crippen molar-refractivity contribution in [2.45, 2.75) is 83.1 Å². The van der Waals surface area contributed by atoms with E-state index in [0.29, 0.717) is 6.10 Å². The Balaban J connectivity index is 1.75. The second-order valence-electron chi connectivity index (χ2n) is 5.97. The van der Waals surface area contributed by atoms with Crippen molar-refractivity contribution in [1.82, 2.24) is 0 Å². The summed E-state index contributed by atoms with van der Waals surface area (Å²) in [6.07, 6.45) is 9.34. The molecule has 2 rings (SSSR count). The molecule has 2 N–H and O–H groups in total. The van der Waals surface area contributed by atoms with Gasteiger partial charge in [-0.2, -0.15) is 0 Å². The third-order valence-electron chi connectivity index (χ3n) is 4.49. The molecule has 3 heteroatoms. The minimum absolute atomic E-state index is 0.145. The highest BCUT2D eigenvalue weighted by Gasteiger charge is 2.42. The standard InChI is InChI=1S/C15H29NO2/c1-3-8-17-15-13(16)10-14(15)18-12-7-5-6-11(4-2)9-12/h11-15H,3-10,16H2,1-2H3. The van der Waals surface area contributed by atoms with Gasteiger partial charge in [-0.25, -0.2) is 0 Å². The Hall–Kier alpha value is -0.120. The van der Waals surface area contributed by atoms with E-state index in [1.54, 1.807) is 0 Å². The summed E-state index contributed by atoms with van der Waals surface area (Å²) in [4.78, 5) is 0. The Bertz CT molecular complexity index is 247. The molecule has 0 bridgehead atoms. The van der Waals surface area contributed by atoms with Crippen LogP contribution in [-0.4, -0.2) is 31.0 Å². The second kappa shape index (κ2) is 6.88. The molecule has 0 saturated heterocycles. The van der Waals surface area contributed by atoms with Crippen LogP contribution in [0.15, 0.2) is 0 Å². The van der Waals surface area contributed by atoms with Gasteiger partial charge in [-0.05, 0) is 31.6 Å². The van der Waals surface area contributed by atoms with Gasteiger partial charge in [0, 0.05) is 12.6 Å². The van der Waals surface area contributed by atoms with Crippen LogP contribution >= 0.6 is 0 Å². The zero-order chi connectivity index (χ0) is 13.0. The van der Waals surface area contributed by atoms with E-state index in [1.807, 2.05) is 0 Å². The quantitative estimate of drug-likeness (QED) is 0.793. The number of nitrogens with two attached hydrogens (primary N) is 1. The third kappa shape index (κ3) is 3.46. The largest absolute Gasteiger partial charge is 0.374 e. The first-order valence-corrected chi connectivity index (χ1v) is 7.77. The Morgan fingerprint density at radius 1 is 1.17 bits per heavy atom. The Kier molecular flexibility index (Phi) is 5.46. The van der Waals surface area contributed by atoms with E-state index in [2.05, 4.69) is 13.8 Å². The molecule has 2 saturated carbocycles. The van der Waals surface area contributed by atoms with Crippen LogP contribution in [0.4, 0.5) is 0 Å². The summed E-state index contributed by atoms with van der Waals surface area (Å²) in [6, 6.07) is 0.187. The van der Waals surface area contributed by atoms with Gasteiger partial charge in [0.05, 0.1) is 18.3 Å². The van der Waals surface area contributed by atoms with E-state index >= 15 is 0 Å². The Labute approximate surface area is 111 Å². The van der Waals surface area contributed by atoms with Gasteiger partial charge in [-0.1, -0.05) is 33.1 Å². The fourth-order valence-corrected chi connectivity index (χ4v) is 3.22. The highest BCUT2D eigenvalue weighted by atomic mass is 16.6. The summed E-state index contributed by atoms with van der Waals surface area (Å²) in [7, 11) is 0. The molecule has 18 heavy (non-hydrogen) atoms. The van der Waals surface area contributed by atoms with Crippen molar-refractivity contribution in [3.8, 4) is 0 Å². The summed E-state index contributed by atoms with van der Waals surface area (Å²) in [5.74, 6) is 0.868. The zero-order valence-electron chi connectivity index (χ0n) is 11.9. The predicted molar refractivity (Wildman–Crippen MR) is 73.5 cm³/mol. The van der Waals surface area contributed by atoms with E-state index in [0.717, 1.165) is 25.4 Å². The molecule has 0 heterocycles. The molecule has 0 aromatic carbocycles. The normalized spacial score (nSPS) is 40.5. The topological polar surface area (TPSA) is 44.5 Å². The maximum absolute atomic E-state index is 6.23. The van der Waals surface area contributed by atoms with Crippen LogP contribution in [0.1, 0.15) is 58.8 Å². The van der Waals surface area contributed by atoms with Crippen LogP contribution in [0, 0.1) is 5.92 Å². The van der Waals surface area contributed by atoms with Gasteiger partial charge in [0.25, 0.3) is 0 Å². The van der Waals surface area contributed by atoms with Gasteiger partial charge in [0.2, 0.25) is 0 Å². The van der Waals surface area contributed by atoms with E-state index in [1.165, 1.54) is 32.1 Å². The van der Waals surface area contributed by atoms with Crippen molar-refractivity contribution in [2.75, 3.05) is 6.61 Å². The van der Waals surface area contributed by atoms with Crippen LogP contribution in [0.2, 0.25) is 0 Å². The third-order valence-corrected chi connectivity index (χ3v) is 4.49. The first-order valence-electron chi connectivity index (χ1n) is 7.77. The average Bonchev–Trinajstić information content (AvgIpc) is 2.39. The molecular weight excluding hydrogens is 226 g/mol. The first-order chi connectivity index (χ1) is 8.74. The number of ether oxygens (including phenoxy) is 2. The van der Waals surface area contributed by atoms with Crippen LogP contribution in [0.3, 0.4) is 0 Å². The van der Waals surface area contributed by atoms with E-state index in [-0.39, 0.29) is 18.2 Å². The van der Waals surface area contributed by atoms with Gasteiger partial charge in [0.1, 0.15) is 0 Å². The van der Waals surface area contributed by atoms with Crippen LogP contribution in [0.5, 0.6) is 0 Å². The number of hydrogen-bond donors (Lipinski definition) is 1. The SMILES string of the molecule is CCCOC1C(N)CC1OC1CCCC(CC)C1. The predicted octanol–water partition coefficient (Wildman–Crippen LogP) is 2.87. The van der Waals surface area contributed by atoms with E-state index in [9.17, 15) is 0 Å². The second-order valence-corrected chi connectivity index (χ2v) is 5.97. The molecule has 0 aromatic rings. The summed E-state index contributed by atoms with van der Waals surface area (Å²) < 4.78 is 12.0. The average molecular weight is 255 g/mol. The molecule has 0 radical (unpaired) electrons. The van der Waals surface area contributed by atoms with Crippen LogP contribution in [0.25, 0.3) is 0 Å². The monoisotopic (exact) mass is 255 g/mol. The van der Waals surface area contributed by atoms with Gasteiger partial charge in [0.15, 0.2) is 0 Å². The maximum Gasteiger partial charge on any atom is 0.0988 e. The molecule has 3 nitrogen and oxygen atoms in total. The van der Waals surface area contributed by atoms with Crippen molar-refractivity contribution in [1.29, 1.82) is 0 Å². The van der Waals surface area contributed by atoms with Crippen molar-refractivity contribution >= 4 is 0 Å². The van der Waals surface area contributed by atoms with Crippen molar-refractivity contribution in [3.63, 3.8) is 0 Å². The molecule has 106 valence electrons. The molecule has 0 aromatic heterocycles. The molecule has 2 aliphatic carbocycles. The van der Waals surface area contributed by atoms with Gasteiger partial charge in [-0.15, -0.1) is 0 Å². The lowest BCUT2D eigenvalue weighted by Crippen LogP contribution is -2.59. The smallest absolute Gasteiger partial charge is 0.0988 e. The maximum atomic E-state index is 6.23. The molecular formula is C15H29NO2. The zero-order valence-corrected chi connectivity index (χ0v) is 11.9. The van der Waals surface area contributed by atoms with E-state index < -0.39 is 0 Å². The molecule has 2 aliphatic rings. The highest BCUT2D eigenvalue weighted by molar-refractivity contribution is 4.96. The minimum Gasteiger partial charge on any atom is -0.374 e. The minimum atomic E-state index is 0.145. The Morgan fingerprint density at radius 3 is 2.67 bits per heavy atom. The summed E-state index contributed by atoms with van der Waals surface area (Å²) in [5, 5.41) is 0. The lowest BCUT2D eigenvalue weighted by molar-refractivity contribution is -0.169. The number of hydrogen-bond acceptors (Lipinski definition) is 3. The van der Waals surface area contributed by atoms with Crippen LogP contribution < -0.4 is 5.73 Å². The van der Waals surface area contributed by atoms with Crippen LogP contribution in [-0.2, 0) is 9.47 Å². The summed E-state index contributed by atoms with van der Waals surface area (Å²) in [5.41, 5.74) is 6.01. The van der Waals surface area contributed by atoms with Crippen molar-refractivity contribution in [3.05, 3.63) is 0 Å². The van der Waals surface area contributed by atoms with Gasteiger partial charge in [-0.3, -0.25) is 0 Å². The van der Waals surface area contributed by atoms with Gasteiger partial charge < -0.3 is 15.2 Å². The molecule has 2 fully saturated rings. The molecule has 0 spiro atoms. The fourth-order valence-electron chi connectivity index (χ4n) is 3.22.